The van der Waals surface area contributed by atoms with Crippen LogP contribution in [0, 0.1) is 0 Å². The van der Waals surface area contributed by atoms with Gasteiger partial charge in [-0.1, -0.05) is 6.07 Å². The van der Waals surface area contributed by atoms with E-state index in [0.29, 0.717) is 19.8 Å². The Bertz CT molecular complexity index is 627. The van der Waals surface area contributed by atoms with E-state index in [9.17, 15) is 18.0 Å². The molecule has 0 spiro atoms. The predicted octanol–water partition coefficient (Wildman–Crippen LogP) is 3.03. The molecule has 2 aliphatic rings. The molecule has 144 valence electrons. The SMILES string of the molecule is O=C(NCC1(N2CCOCC2)CCSCC1)c1cccc(C(F)(F)F)c1. The molecule has 0 aliphatic carbocycles. The number of nitrogens with one attached hydrogen (secondary N) is 1. The molecular formula is C18H23F3N2O2S. The Morgan fingerprint density at radius 3 is 2.58 bits per heavy atom. The van der Waals surface area contributed by atoms with Gasteiger partial charge in [-0.05, 0) is 42.5 Å². The Balaban J connectivity index is 1.69. The second kappa shape index (κ2) is 8.19. The molecule has 0 radical (unpaired) electrons. The van der Waals surface area contributed by atoms with Gasteiger partial charge in [-0.3, -0.25) is 9.69 Å². The van der Waals surface area contributed by atoms with Crippen molar-refractivity contribution in [2.45, 2.75) is 24.6 Å². The summed E-state index contributed by atoms with van der Waals surface area (Å²) >= 11 is 1.90. The van der Waals surface area contributed by atoms with Crippen molar-refractivity contribution in [3.8, 4) is 0 Å². The van der Waals surface area contributed by atoms with Crippen molar-refractivity contribution in [3.05, 3.63) is 35.4 Å². The number of halogens is 3. The number of amides is 1. The highest BCUT2D eigenvalue weighted by Crippen LogP contribution is 2.33. The molecule has 1 aromatic rings. The van der Waals surface area contributed by atoms with Gasteiger partial charge in [-0.2, -0.15) is 24.9 Å². The lowest BCUT2D eigenvalue weighted by Crippen LogP contribution is -2.60. The summed E-state index contributed by atoms with van der Waals surface area (Å²) in [6.45, 7) is 3.45. The minimum atomic E-state index is -4.45. The maximum Gasteiger partial charge on any atom is 0.416 e. The minimum absolute atomic E-state index is 0.0436. The summed E-state index contributed by atoms with van der Waals surface area (Å²) in [7, 11) is 0. The summed E-state index contributed by atoms with van der Waals surface area (Å²) in [4.78, 5) is 14.8. The Morgan fingerprint density at radius 1 is 1.23 bits per heavy atom. The van der Waals surface area contributed by atoms with Gasteiger partial charge in [0.25, 0.3) is 5.91 Å². The highest BCUT2D eigenvalue weighted by Gasteiger charge is 2.39. The van der Waals surface area contributed by atoms with Gasteiger partial charge in [0.05, 0.1) is 18.8 Å². The molecule has 0 aromatic heterocycles. The Morgan fingerprint density at radius 2 is 1.92 bits per heavy atom. The third-order valence-corrected chi connectivity index (χ3v) is 6.12. The first-order valence-corrected chi connectivity index (χ1v) is 9.92. The molecule has 2 saturated heterocycles. The van der Waals surface area contributed by atoms with Crippen molar-refractivity contribution in [3.63, 3.8) is 0 Å². The number of thioether (sulfide) groups is 1. The Kier molecular flexibility index (Phi) is 6.14. The van der Waals surface area contributed by atoms with Crippen LogP contribution in [0.25, 0.3) is 0 Å². The van der Waals surface area contributed by atoms with Crippen LogP contribution in [0.2, 0.25) is 0 Å². The second-order valence-electron chi connectivity index (χ2n) is 6.70. The summed E-state index contributed by atoms with van der Waals surface area (Å²) in [6.07, 6.45) is -2.53. The monoisotopic (exact) mass is 388 g/mol. The number of alkyl halides is 3. The van der Waals surface area contributed by atoms with Crippen molar-refractivity contribution < 1.29 is 22.7 Å². The molecule has 2 fully saturated rings. The normalized spacial score (nSPS) is 21.3. The van der Waals surface area contributed by atoms with Crippen LogP contribution in [0.1, 0.15) is 28.8 Å². The fraction of sp³-hybridized carbons (Fsp3) is 0.611. The lowest BCUT2D eigenvalue weighted by molar-refractivity contribution is -0.137. The van der Waals surface area contributed by atoms with Gasteiger partial charge in [0.2, 0.25) is 0 Å². The van der Waals surface area contributed by atoms with E-state index in [1.807, 2.05) is 11.8 Å². The van der Waals surface area contributed by atoms with Gasteiger partial charge in [0, 0.05) is 30.7 Å². The fourth-order valence-electron chi connectivity index (χ4n) is 3.58. The van der Waals surface area contributed by atoms with Crippen molar-refractivity contribution in [2.24, 2.45) is 0 Å². The number of nitrogens with zero attached hydrogens (tertiary/aromatic N) is 1. The number of carbonyl (C=O) groups is 1. The summed E-state index contributed by atoms with van der Waals surface area (Å²) in [6, 6.07) is 4.58. The highest BCUT2D eigenvalue weighted by atomic mass is 32.2. The smallest absolute Gasteiger partial charge is 0.379 e. The number of hydrogen-bond acceptors (Lipinski definition) is 4. The molecule has 26 heavy (non-hydrogen) atoms. The quantitative estimate of drug-likeness (QED) is 0.861. The van der Waals surface area contributed by atoms with Crippen LogP contribution in [-0.4, -0.2) is 60.7 Å². The van der Waals surface area contributed by atoms with E-state index >= 15 is 0 Å². The average Bonchev–Trinajstić information content (AvgIpc) is 2.67. The fourth-order valence-corrected chi connectivity index (χ4v) is 4.83. The molecule has 0 atom stereocenters. The van der Waals surface area contributed by atoms with E-state index in [0.717, 1.165) is 49.6 Å². The number of carbonyl (C=O) groups excluding carboxylic acids is 1. The van der Waals surface area contributed by atoms with Gasteiger partial charge < -0.3 is 10.1 Å². The topological polar surface area (TPSA) is 41.6 Å². The largest absolute Gasteiger partial charge is 0.416 e. The molecule has 1 aromatic carbocycles. The van der Waals surface area contributed by atoms with E-state index < -0.39 is 17.6 Å². The zero-order chi connectivity index (χ0) is 18.6. The molecule has 1 N–H and O–H groups in total. The van der Waals surface area contributed by atoms with E-state index in [-0.39, 0.29) is 11.1 Å². The van der Waals surface area contributed by atoms with Crippen LogP contribution in [-0.2, 0) is 10.9 Å². The summed E-state index contributed by atoms with van der Waals surface area (Å²) in [5.74, 6) is 1.59. The van der Waals surface area contributed by atoms with Crippen molar-refractivity contribution in [1.29, 1.82) is 0 Å². The number of morpholine rings is 1. The molecular weight excluding hydrogens is 365 g/mol. The van der Waals surface area contributed by atoms with Crippen molar-refractivity contribution in [2.75, 3.05) is 44.4 Å². The third kappa shape index (κ3) is 4.53. The zero-order valence-corrected chi connectivity index (χ0v) is 15.3. The lowest BCUT2D eigenvalue weighted by atomic mass is 9.89. The van der Waals surface area contributed by atoms with Gasteiger partial charge in [0.15, 0.2) is 0 Å². The zero-order valence-electron chi connectivity index (χ0n) is 14.5. The first-order chi connectivity index (χ1) is 12.4. The third-order valence-electron chi connectivity index (χ3n) is 5.14. The Hall–Kier alpha value is -1.25. The number of hydrogen-bond donors (Lipinski definition) is 1. The van der Waals surface area contributed by atoms with Crippen LogP contribution < -0.4 is 5.32 Å². The molecule has 0 saturated carbocycles. The van der Waals surface area contributed by atoms with Crippen LogP contribution in [0.15, 0.2) is 24.3 Å². The predicted molar refractivity (Wildman–Crippen MR) is 95.5 cm³/mol. The standard InChI is InChI=1S/C18H23F3N2O2S/c19-18(20,21)15-3-1-2-14(12-15)16(24)22-13-17(4-10-26-11-5-17)23-6-8-25-9-7-23/h1-3,12H,4-11,13H2,(H,22,24). The minimum Gasteiger partial charge on any atom is -0.379 e. The van der Waals surface area contributed by atoms with Gasteiger partial charge >= 0.3 is 6.18 Å². The van der Waals surface area contributed by atoms with Gasteiger partial charge in [-0.15, -0.1) is 0 Å². The molecule has 8 heteroatoms. The molecule has 1 amide bonds. The first-order valence-electron chi connectivity index (χ1n) is 8.77. The highest BCUT2D eigenvalue weighted by molar-refractivity contribution is 7.99. The average molecular weight is 388 g/mol. The van der Waals surface area contributed by atoms with E-state index in [1.54, 1.807) is 0 Å². The summed E-state index contributed by atoms with van der Waals surface area (Å²) in [5.41, 5.74) is -0.893. The Labute approximate surface area is 155 Å². The summed E-state index contributed by atoms with van der Waals surface area (Å²) in [5, 5.41) is 2.89. The molecule has 0 unspecified atom stereocenters. The molecule has 3 rings (SSSR count). The van der Waals surface area contributed by atoms with Crippen LogP contribution in [0.3, 0.4) is 0 Å². The van der Waals surface area contributed by atoms with E-state index in [2.05, 4.69) is 10.2 Å². The van der Waals surface area contributed by atoms with E-state index in [4.69, 9.17) is 4.74 Å². The van der Waals surface area contributed by atoms with Gasteiger partial charge in [0.1, 0.15) is 0 Å². The second-order valence-corrected chi connectivity index (χ2v) is 7.92. The number of ether oxygens (including phenoxy) is 1. The number of rotatable bonds is 4. The maximum atomic E-state index is 12.9. The molecule has 0 bridgehead atoms. The van der Waals surface area contributed by atoms with Crippen molar-refractivity contribution in [1.82, 2.24) is 10.2 Å². The molecule has 4 nitrogen and oxygen atoms in total. The van der Waals surface area contributed by atoms with Crippen LogP contribution >= 0.6 is 11.8 Å². The van der Waals surface area contributed by atoms with E-state index in [1.165, 1.54) is 12.1 Å². The molecule has 2 aliphatic heterocycles. The van der Waals surface area contributed by atoms with Gasteiger partial charge in [-0.25, -0.2) is 0 Å². The molecule has 2 heterocycles. The maximum absolute atomic E-state index is 12.9. The lowest BCUT2D eigenvalue weighted by Gasteiger charge is -2.48. The van der Waals surface area contributed by atoms with Crippen LogP contribution in [0.4, 0.5) is 13.2 Å². The van der Waals surface area contributed by atoms with Crippen LogP contribution in [0.5, 0.6) is 0 Å². The first kappa shape index (κ1) is 19.5. The number of benzene rings is 1. The summed E-state index contributed by atoms with van der Waals surface area (Å²) < 4.78 is 44.0. The van der Waals surface area contributed by atoms with Crippen molar-refractivity contribution >= 4 is 17.7 Å².